The number of halogens is 1. The molecule has 0 aliphatic rings. The topological polar surface area (TPSA) is 75.7 Å². The summed E-state index contributed by atoms with van der Waals surface area (Å²) in [5.41, 5.74) is -0.159. The van der Waals surface area contributed by atoms with E-state index in [1.165, 1.54) is 33.3 Å². The Morgan fingerprint density at radius 2 is 2.05 bits per heavy atom. The van der Waals surface area contributed by atoms with Crippen molar-refractivity contribution in [2.45, 2.75) is 0 Å². The number of sulfonamides is 1. The zero-order valence-electron chi connectivity index (χ0n) is 11.5. The van der Waals surface area contributed by atoms with E-state index in [1.807, 2.05) is 0 Å². The molecule has 20 heavy (non-hydrogen) atoms. The fourth-order valence-corrected chi connectivity index (χ4v) is 2.10. The van der Waals surface area contributed by atoms with Gasteiger partial charge in [0.15, 0.2) is 0 Å². The number of rotatable bonds is 6. The van der Waals surface area contributed by atoms with Crippen LogP contribution in [0, 0.1) is 5.82 Å². The normalized spacial score (nSPS) is 11.4. The van der Waals surface area contributed by atoms with Crippen LogP contribution in [0.2, 0.25) is 0 Å². The second-order valence-electron chi connectivity index (χ2n) is 4.20. The third-order valence-electron chi connectivity index (χ3n) is 2.62. The molecule has 0 saturated heterocycles. The largest absolute Gasteiger partial charge is 0.497 e. The zero-order valence-corrected chi connectivity index (χ0v) is 12.3. The summed E-state index contributed by atoms with van der Waals surface area (Å²) in [5.74, 6) is -1.34. The summed E-state index contributed by atoms with van der Waals surface area (Å²) in [6.45, 7) is -0.0924. The Hall–Kier alpha value is -1.67. The van der Waals surface area contributed by atoms with E-state index < -0.39 is 21.7 Å². The van der Waals surface area contributed by atoms with Crippen LogP contribution in [-0.4, -0.2) is 52.1 Å². The molecule has 1 aromatic carbocycles. The molecule has 0 radical (unpaired) electrons. The van der Waals surface area contributed by atoms with E-state index in [9.17, 15) is 17.6 Å². The molecule has 0 aromatic heterocycles. The highest BCUT2D eigenvalue weighted by Gasteiger charge is 2.16. The number of carbonyl (C=O) groups is 1. The van der Waals surface area contributed by atoms with Crippen LogP contribution < -0.4 is 10.1 Å². The molecule has 0 atom stereocenters. The minimum atomic E-state index is -3.39. The molecule has 0 spiro atoms. The summed E-state index contributed by atoms with van der Waals surface area (Å²) in [4.78, 5) is 11.7. The lowest BCUT2D eigenvalue weighted by Gasteiger charge is -2.12. The van der Waals surface area contributed by atoms with Gasteiger partial charge in [0, 0.05) is 26.7 Å². The van der Waals surface area contributed by atoms with Crippen LogP contribution >= 0.6 is 0 Å². The van der Waals surface area contributed by atoms with Gasteiger partial charge in [0.25, 0.3) is 5.91 Å². The van der Waals surface area contributed by atoms with E-state index in [2.05, 4.69) is 5.32 Å². The molecule has 0 aliphatic carbocycles. The average molecular weight is 304 g/mol. The maximum absolute atomic E-state index is 13.6. The lowest BCUT2D eigenvalue weighted by molar-refractivity contribution is 0.0952. The van der Waals surface area contributed by atoms with Gasteiger partial charge in [0.2, 0.25) is 10.0 Å². The average Bonchev–Trinajstić information content (AvgIpc) is 2.37. The van der Waals surface area contributed by atoms with E-state index in [0.29, 0.717) is 5.75 Å². The number of benzene rings is 1. The van der Waals surface area contributed by atoms with Crippen LogP contribution in [0.5, 0.6) is 5.75 Å². The van der Waals surface area contributed by atoms with E-state index >= 15 is 0 Å². The lowest BCUT2D eigenvalue weighted by atomic mass is 10.2. The number of nitrogens with zero attached hydrogens (tertiary/aromatic N) is 1. The second kappa shape index (κ2) is 6.67. The molecule has 1 amide bonds. The molecule has 0 aliphatic heterocycles. The highest BCUT2D eigenvalue weighted by atomic mass is 32.2. The molecule has 1 N–H and O–H groups in total. The number of hydrogen-bond acceptors (Lipinski definition) is 4. The molecule has 0 bridgehead atoms. The first kappa shape index (κ1) is 16.4. The summed E-state index contributed by atoms with van der Waals surface area (Å²) >= 11 is 0. The Bertz CT molecular complexity index is 587. The summed E-state index contributed by atoms with van der Waals surface area (Å²) in [6.07, 6.45) is 0. The van der Waals surface area contributed by atoms with Gasteiger partial charge in [-0.1, -0.05) is 0 Å². The fraction of sp³-hybridized carbons (Fsp3) is 0.417. The van der Waals surface area contributed by atoms with Crippen molar-refractivity contribution in [3.8, 4) is 5.75 Å². The lowest BCUT2D eigenvalue weighted by Crippen LogP contribution is -2.34. The number of ether oxygens (including phenoxy) is 1. The van der Waals surface area contributed by atoms with Crippen molar-refractivity contribution in [3.63, 3.8) is 0 Å². The molecule has 1 rings (SSSR count). The summed E-state index contributed by atoms with van der Waals surface area (Å²) < 4.78 is 42.5. The van der Waals surface area contributed by atoms with Gasteiger partial charge < -0.3 is 10.1 Å². The van der Waals surface area contributed by atoms with Crippen LogP contribution in [0.3, 0.4) is 0 Å². The highest BCUT2D eigenvalue weighted by molar-refractivity contribution is 7.89. The first-order valence-electron chi connectivity index (χ1n) is 5.80. The molecule has 0 saturated carbocycles. The summed E-state index contributed by atoms with van der Waals surface area (Å²) in [5, 5.41) is 2.36. The Morgan fingerprint density at radius 3 is 2.55 bits per heavy atom. The van der Waals surface area contributed by atoms with Crippen molar-refractivity contribution in [3.05, 3.63) is 29.6 Å². The molecular weight excluding hydrogens is 287 g/mol. The van der Waals surface area contributed by atoms with Crippen LogP contribution in [0.1, 0.15) is 10.4 Å². The molecule has 1 aromatic rings. The van der Waals surface area contributed by atoms with Crippen LogP contribution in [0.4, 0.5) is 4.39 Å². The predicted octanol–water partition coefficient (Wildman–Crippen LogP) is 0.456. The monoisotopic (exact) mass is 304 g/mol. The van der Waals surface area contributed by atoms with Crippen molar-refractivity contribution in [2.24, 2.45) is 0 Å². The summed E-state index contributed by atoms with van der Waals surface area (Å²) in [7, 11) is 0.804. The minimum Gasteiger partial charge on any atom is -0.497 e. The van der Waals surface area contributed by atoms with Crippen molar-refractivity contribution >= 4 is 15.9 Å². The van der Waals surface area contributed by atoms with Gasteiger partial charge in [-0.05, 0) is 12.1 Å². The molecule has 0 fully saturated rings. The Kier molecular flexibility index (Phi) is 5.46. The van der Waals surface area contributed by atoms with E-state index in [1.54, 1.807) is 0 Å². The molecular formula is C12H17FN2O4S. The Morgan fingerprint density at radius 1 is 1.40 bits per heavy atom. The molecule has 6 nitrogen and oxygen atoms in total. The number of carbonyl (C=O) groups excluding carboxylic acids is 1. The number of hydrogen-bond donors (Lipinski definition) is 1. The van der Waals surface area contributed by atoms with Gasteiger partial charge in [-0.2, -0.15) is 0 Å². The summed E-state index contributed by atoms with van der Waals surface area (Å²) in [6, 6.07) is 3.82. The SMILES string of the molecule is COc1ccc(C(=O)NCCS(=O)(=O)N(C)C)c(F)c1. The molecule has 112 valence electrons. The van der Waals surface area contributed by atoms with Crippen molar-refractivity contribution in [1.29, 1.82) is 0 Å². The van der Waals surface area contributed by atoms with Crippen molar-refractivity contribution in [2.75, 3.05) is 33.5 Å². The second-order valence-corrected chi connectivity index (χ2v) is 6.50. The third kappa shape index (κ3) is 4.17. The van der Waals surface area contributed by atoms with E-state index in [4.69, 9.17) is 4.74 Å². The Balaban J connectivity index is 2.64. The number of methoxy groups -OCH3 is 1. The maximum Gasteiger partial charge on any atom is 0.254 e. The number of amides is 1. The fourth-order valence-electron chi connectivity index (χ4n) is 1.38. The predicted molar refractivity (Wildman–Crippen MR) is 72.8 cm³/mol. The van der Waals surface area contributed by atoms with Crippen molar-refractivity contribution in [1.82, 2.24) is 9.62 Å². The first-order valence-corrected chi connectivity index (χ1v) is 7.41. The highest BCUT2D eigenvalue weighted by Crippen LogP contribution is 2.15. The quantitative estimate of drug-likeness (QED) is 0.828. The molecule has 0 unspecified atom stereocenters. The smallest absolute Gasteiger partial charge is 0.254 e. The van der Waals surface area contributed by atoms with E-state index in [0.717, 1.165) is 10.4 Å². The van der Waals surface area contributed by atoms with Crippen LogP contribution in [0.15, 0.2) is 18.2 Å². The van der Waals surface area contributed by atoms with Gasteiger partial charge >= 0.3 is 0 Å². The van der Waals surface area contributed by atoms with Crippen molar-refractivity contribution < 1.29 is 22.3 Å². The minimum absolute atomic E-state index is 0.0924. The van der Waals surface area contributed by atoms with Gasteiger partial charge in [0.05, 0.1) is 18.4 Å². The van der Waals surface area contributed by atoms with Gasteiger partial charge in [-0.25, -0.2) is 17.1 Å². The van der Waals surface area contributed by atoms with Gasteiger partial charge in [-0.15, -0.1) is 0 Å². The first-order chi connectivity index (χ1) is 9.27. The maximum atomic E-state index is 13.6. The molecule has 8 heteroatoms. The van der Waals surface area contributed by atoms with Crippen LogP contribution in [-0.2, 0) is 10.0 Å². The molecule has 0 heterocycles. The number of nitrogens with one attached hydrogen (secondary N) is 1. The van der Waals surface area contributed by atoms with E-state index in [-0.39, 0.29) is 17.9 Å². The van der Waals surface area contributed by atoms with Gasteiger partial charge in [0.1, 0.15) is 11.6 Å². The third-order valence-corrected chi connectivity index (χ3v) is 4.46. The Labute approximate surface area is 117 Å². The van der Waals surface area contributed by atoms with Crippen LogP contribution in [0.25, 0.3) is 0 Å². The van der Waals surface area contributed by atoms with Gasteiger partial charge in [-0.3, -0.25) is 4.79 Å². The standard InChI is InChI=1S/C12H17FN2O4S/c1-15(2)20(17,18)7-6-14-12(16)10-5-4-9(19-3)8-11(10)13/h4-5,8H,6-7H2,1-3H3,(H,14,16). The zero-order chi connectivity index (χ0) is 15.3.